The highest BCUT2D eigenvalue weighted by Crippen LogP contribution is 2.24. The van der Waals surface area contributed by atoms with E-state index in [1.165, 1.54) is 4.31 Å². The zero-order chi connectivity index (χ0) is 16.3. The first-order valence-corrected chi connectivity index (χ1v) is 9.67. The van der Waals surface area contributed by atoms with Crippen LogP contribution >= 0.6 is 0 Å². The lowest BCUT2D eigenvalue weighted by Crippen LogP contribution is -2.28. The Hall–Kier alpha value is -1.60. The Morgan fingerprint density at radius 1 is 1.35 bits per heavy atom. The normalized spacial score (nSPS) is 23.1. The molecule has 1 N–H and O–H groups in total. The van der Waals surface area contributed by atoms with Crippen LogP contribution in [0.25, 0.3) is 0 Å². The van der Waals surface area contributed by atoms with Gasteiger partial charge in [0.2, 0.25) is 10.0 Å². The fourth-order valence-corrected chi connectivity index (χ4v) is 4.61. The number of hydrogen-bond acceptors (Lipinski definition) is 4. The van der Waals surface area contributed by atoms with E-state index in [9.17, 15) is 13.2 Å². The SMILES string of the molecule is O=C(NCC[C@@H]1CCCO1)c1cccc(N2CCCS2(=O)=O)c1. The van der Waals surface area contributed by atoms with Crippen LogP contribution in [-0.4, -0.2) is 45.9 Å². The molecule has 0 saturated carbocycles. The van der Waals surface area contributed by atoms with Crippen molar-refractivity contribution < 1.29 is 17.9 Å². The smallest absolute Gasteiger partial charge is 0.251 e. The summed E-state index contributed by atoms with van der Waals surface area (Å²) >= 11 is 0. The van der Waals surface area contributed by atoms with E-state index in [0.29, 0.717) is 30.8 Å². The van der Waals surface area contributed by atoms with Gasteiger partial charge in [0.05, 0.1) is 17.5 Å². The van der Waals surface area contributed by atoms with Crippen LogP contribution in [0.2, 0.25) is 0 Å². The maximum Gasteiger partial charge on any atom is 0.251 e. The lowest BCUT2D eigenvalue weighted by Gasteiger charge is -2.17. The van der Waals surface area contributed by atoms with Crippen molar-refractivity contribution in [2.24, 2.45) is 0 Å². The lowest BCUT2D eigenvalue weighted by atomic mass is 10.1. The van der Waals surface area contributed by atoms with E-state index in [1.807, 2.05) is 0 Å². The molecule has 2 aliphatic heterocycles. The topological polar surface area (TPSA) is 75.7 Å². The van der Waals surface area contributed by atoms with Crippen molar-refractivity contribution >= 4 is 21.6 Å². The zero-order valence-electron chi connectivity index (χ0n) is 13.0. The largest absolute Gasteiger partial charge is 0.378 e. The number of hydrogen-bond donors (Lipinski definition) is 1. The predicted octanol–water partition coefficient (Wildman–Crippen LogP) is 1.53. The third kappa shape index (κ3) is 3.84. The molecule has 0 unspecified atom stereocenters. The standard InChI is InChI=1S/C16H22N2O4S/c19-16(17-8-7-15-6-2-10-22-15)13-4-1-5-14(12-13)18-9-3-11-23(18,20)21/h1,4-5,12,15H,2-3,6-11H2,(H,17,19)/t15-/m0/s1. The van der Waals surface area contributed by atoms with Gasteiger partial charge < -0.3 is 10.1 Å². The van der Waals surface area contributed by atoms with E-state index < -0.39 is 10.0 Å². The first-order valence-electron chi connectivity index (χ1n) is 8.06. The molecule has 2 heterocycles. The van der Waals surface area contributed by atoms with E-state index in [0.717, 1.165) is 25.9 Å². The molecule has 6 nitrogen and oxygen atoms in total. The highest BCUT2D eigenvalue weighted by molar-refractivity contribution is 7.93. The first kappa shape index (κ1) is 16.3. The second-order valence-electron chi connectivity index (χ2n) is 5.97. The summed E-state index contributed by atoms with van der Waals surface area (Å²) in [6.45, 7) is 1.85. The molecule has 0 radical (unpaired) electrons. The van der Waals surface area contributed by atoms with E-state index in [2.05, 4.69) is 5.32 Å². The molecule has 0 spiro atoms. The van der Waals surface area contributed by atoms with Gasteiger partial charge in [-0.2, -0.15) is 0 Å². The van der Waals surface area contributed by atoms with Crippen molar-refractivity contribution in [1.29, 1.82) is 0 Å². The zero-order valence-corrected chi connectivity index (χ0v) is 13.8. The number of benzene rings is 1. The van der Waals surface area contributed by atoms with Crippen LogP contribution in [0.3, 0.4) is 0 Å². The van der Waals surface area contributed by atoms with Gasteiger partial charge in [-0.05, 0) is 43.9 Å². The Morgan fingerprint density at radius 3 is 2.91 bits per heavy atom. The minimum Gasteiger partial charge on any atom is -0.378 e. The van der Waals surface area contributed by atoms with Gasteiger partial charge in [0.15, 0.2) is 0 Å². The summed E-state index contributed by atoms with van der Waals surface area (Å²) < 4.78 is 30.9. The summed E-state index contributed by atoms with van der Waals surface area (Å²) in [5.74, 6) is -0.00778. The summed E-state index contributed by atoms with van der Waals surface area (Å²) in [5, 5.41) is 2.88. The Kier molecular flexibility index (Phi) is 4.87. The van der Waals surface area contributed by atoms with Gasteiger partial charge in [-0.3, -0.25) is 9.10 Å². The molecule has 23 heavy (non-hydrogen) atoms. The number of carbonyl (C=O) groups excluding carboxylic acids is 1. The van der Waals surface area contributed by atoms with Gasteiger partial charge in [0.25, 0.3) is 5.91 Å². The molecule has 3 rings (SSSR count). The van der Waals surface area contributed by atoms with Gasteiger partial charge in [0, 0.05) is 25.3 Å². The molecule has 126 valence electrons. The van der Waals surface area contributed by atoms with Gasteiger partial charge in [0.1, 0.15) is 0 Å². The number of anilines is 1. The molecular weight excluding hydrogens is 316 g/mol. The number of rotatable bonds is 5. The quantitative estimate of drug-likeness (QED) is 0.883. The second kappa shape index (κ2) is 6.88. The molecule has 7 heteroatoms. The summed E-state index contributed by atoms with van der Waals surface area (Å²) in [5.41, 5.74) is 1.05. The van der Waals surface area contributed by atoms with Crippen molar-refractivity contribution in [3.8, 4) is 0 Å². The highest BCUT2D eigenvalue weighted by Gasteiger charge is 2.28. The Morgan fingerprint density at radius 2 is 2.22 bits per heavy atom. The number of nitrogens with zero attached hydrogens (tertiary/aromatic N) is 1. The molecule has 0 aromatic heterocycles. The molecule has 2 aliphatic rings. The van der Waals surface area contributed by atoms with Crippen molar-refractivity contribution in [2.45, 2.75) is 31.8 Å². The summed E-state index contributed by atoms with van der Waals surface area (Å²) in [4.78, 5) is 12.2. The van der Waals surface area contributed by atoms with Crippen LogP contribution in [-0.2, 0) is 14.8 Å². The Bertz CT molecular complexity index is 668. The number of carbonyl (C=O) groups is 1. The Labute approximate surface area is 136 Å². The monoisotopic (exact) mass is 338 g/mol. The average molecular weight is 338 g/mol. The van der Waals surface area contributed by atoms with Gasteiger partial charge in [-0.1, -0.05) is 6.07 Å². The molecule has 1 atom stereocenters. The van der Waals surface area contributed by atoms with E-state index in [-0.39, 0.29) is 17.8 Å². The number of nitrogens with one attached hydrogen (secondary N) is 1. The van der Waals surface area contributed by atoms with Crippen LogP contribution in [0.15, 0.2) is 24.3 Å². The second-order valence-corrected chi connectivity index (χ2v) is 7.98. The minimum absolute atomic E-state index is 0.171. The average Bonchev–Trinajstić information content (AvgIpc) is 3.16. The van der Waals surface area contributed by atoms with Gasteiger partial charge in [-0.25, -0.2) is 8.42 Å². The third-order valence-electron chi connectivity index (χ3n) is 4.27. The summed E-state index contributed by atoms with van der Waals surface area (Å²) in [6, 6.07) is 6.79. The molecule has 1 amide bonds. The molecule has 1 aromatic rings. The molecule has 2 fully saturated rings. The van der Waals surface area contributed by atoms with E-state index in [1.54, 1.807) is 24.3 Å². The van der Waals surface area contributed by atoms with Crippen molar-refractivity contribution in [2.75, 3.05) is 29.8 Å². The van der Waals surface area contributed by atoms with E-state index in [4.69, 9.17) is 4.74 Å². The molecule has 1 aromatic carbocycles. The fraction of sp³-hybridized carbons (Fsp3) is 0.562. The van der Waals surface area contributed by atoms with Gasteiger partial charge in [-0.15, -0.1) is 0 Å². The Balaban J connectivity index is 1.61. The van der Waals surface area contributed by atoms with Crippen LogP contribution in [0.1, 0.15) is 36.0 Å². The van der Waals surface area contributed by atoms with E-state index >= 15 is 0 Å². The van der Waals surface area contributed by atoms with Crippen LogP contribution in [0.4, 0.5) is 5.69 Å². The number of amides is 1. The van der Waals surface area contributed by atoms with Crippen LogP contribution in [0, 0.1) is 0 Å². The molecular formula is C16H22N2O4S. The molecule has 0 aliphatic carbocycles. The maximum absolute atomic E-state index is 12.2. The predicted molar refractivity (Wildman–Crippen MR) is 88.1 cm³/mol. The summed E-state index contributed by atoms with van der Waals surface area (Å²) in [6.07, 6.45) is 3.83. The highest BCUT2D eigenvalue weighted by atomic mass is 32.2. The maximum atomic E-state index is 12.2. The van der Waals surface area contributed by atoms with Crippen molar-refractivity contribution in [3.63, 3.8) is 0 Å². The van der Waals surface area contributed by atoms with Crippen molar-refractivity contribution in [1.82, 2.24) is 5.32 Å². The van der Waals surface area contributed by atoms with Gasteiger partial charge >= 0.3 is 0 Å². The van der Waals surface area contributed by atoms with Crippen molar-refractivity contribution in [3.05, 3.63) is 29.8 Å². The third-order valence-corrected chi connectivity index (χ3v) is 6.14. The number of ether oxygens (including phenoxy) is 1. The first-order chi connectivity index (χ1) is 11.1. The van der Waals surface area contributed by atoms with Crippen LogP contribution in [0.5, 0.6) is 0 Å². The lowest BCUT2D eigenvalue weighted by molar-refractivity contribution is 0.0907. The molecule has 0 bridgehead atoms. The van der Waals surface area contributed by atoms with Crippen LogP contribution < -0.4 is 9.62 Å². The fourth-order valence-electron chi connectivity index (χ4n) is 3.05. The summed E-state index contributed by atoms with van der Waals surface area (Å²) in [7, 11) is -3.23. The molecule has 2 saturated heterocycles. The minimum atomic E-state index is -3.23. The number of sulfonamides is 1.